The molecule has 1 saturated heterocycles. The van der Waals surface area contributed by atoms with Crippen LogP contribution >= 0.6 is 0 Å². The van der Waals surface area contributed by atoms with Crippen LogP contribution in [0.1, 0.15) is 27.2 Å². The van der Waals surface area contributed by atoms with Gasteiger partial charge in [0.25, 0.3) is 0 Å². The van der Waals surface area contributed by atoms with E-state index in [4.69, 9.17) is 0 Å². The van der Waals surface area contributed by atoms with E-state index in [2.05, 4.69) is 29.2 Å². The number of hydrogen-bond acceptors (Lipinski definition) is 3. The van der Waals surface area contributed by atoms with Gasteiger partial charge in [0, 0.05) is 31.7 Å². The maximum Gasteiger partial charge on any atom is 0.317 e. The van der Waals surface area contributed by atoms with Gasteiger partial charge >= 0.3 is 6.03 Å². The average Bonchev–Trinajstić information content (AvgIpc) is 2.27. The van der Waals surface area contributed by atoms with E-state index in [1.165, 1.54) is 6.42 Å². The average molecular weight is 270 g/mol. The summed E-state index contributed by atoms with van der Waals surface area (Å²) in [7, 11) is 4.21. The molecule has 1 rings (SSSR count). The molecule has 0 bridgehead atoms. The fraction of sp³-hybridized carbons (Fsp3) is 0.929. The Hall–Kier alpha value is -0.810. The molecule has 0 radical (unpaired) electrons. The van der Waals surface area contributed by atoms with Crippen molar-refractivity contribution in [1.82, 2.24) is 20.0 Å². The van der Waals surface area contributed by atoms with Crippen LogP contribution in [0.25, 0.3) is 0 Å². The van der Waals surface area contributed by atoms with Crippen molar-refractivity contribution in [2.75, 3.05) is 53.4 Å². The van der Waals surface area contributed by atoms with Crippen molar-refractivity contribution in [2.24, 2.45) is 0 Å². The highest BCUT2D eigenvalue weighted by Crippen LogP contribution is 2.06. The van der Waals surface area contributed by atoms with E-state index in [1.807, 2.05) is 25.7 Å². The molecule has 0 unspecified atom stereocenters. The molecule has 112 valence electrons. The van der Waals surface area contributed by atoms with Crippen LogP contribution in [0, 0.1) is 0 Å². The van der Waals surface area contributed by atoms with Gasteiger partial charge in [0.1, 0.15) is 0 Å². The third-order valence-corrected chi connectivity index (χ3v) is 3.22. The molecule has 5 nitrogen and oxygen atoms in total. The van der Waals surface area contributed by atoms with Gasteiger partial charge in [-0.25, -0.2) is 4.79 Å². The number of rotatable bonds is 4. The molecule has 1 N–H and O–H groups in total. The minimum absolute atomic E-state index is 0.0699. The summed E-state index contributed by atoms with van der Waals surface area (Å²) < 4.78 is 0. The molecule has 0 spiro atoms. The van der Waals surface area contributed by atoms with Crippen LogP contribution in [0.2, 0.25) is 0 Å². The highest BCUT2D eigenvalue weighted by Gasteiger charge is 2.23. The Bertz CT molecular complexity index is 278. The first kappa shape index (κ1) is 16.2. The van der Waals surface area contributed by atoms with Crippen molar-refractivity contribution in [3.63, 3.8) is 0 Å². The molecule has 19 heavy (non-hydrogen) atoms. The van der Waals surface area contributed by atoms with E-state index in [1.54, 1.807) is 0 Å². The van der Waals surface area contributed by atoms with Crippen LogP contribution in [-0.4, -0.2) is 79.6 Å². The van der Waals surface area contributed by atoms with E-state index in [0.29, 0.717) is 0 Å². The molecule has 0 saturated carbocycles. The van der Waals surface area contributed by atoms with E-state index in [0.717, 1.165) is 39.3 Å². The van der Waals surface area contributed by atoms with Crippen molar-refractivity contribution >= 4 is 6.03 Å². The second kappa shape index (κ2) is 7.10. The lowest BCUT2D eigenvalue weighted by molar-refractivity contribution is 0.132. The van der Waals surface area contributed by atoms with Gasteiger partial charge in [0.05, 0.1) is 0 Å². The number of nitrogens with one attached hydrogen (secondary N) is 1. The molecule has 1 heterocycles. The number of piperazine rings is 1. The molecule has 0 aromatic rings. The Morgan fingerprint density at radius 1 is 1.16 bits per heavy atom. The summed E-state index contributed by atoms with van der Waals surface area (Å²) >= 11 is 0. The SMILES string of the molecule is CN(C)CCCN1CCN(C(=O)NC(C)(C)C)CC1. The van der Waals surface area contributed by atoms with Crippen molar-refractivity contribution in [1.29, 1.82) is 0 Å². The van der Waals surface area contributed by atoms with Crippen LogP contribution < -0.4 is 5.32 Å². The van der Waals surface area contributed by atoms with E-state index in [-0.39, 0.29) is 11.6 Å². The predicted molar refractivity (Wildman–Crippen MR) is 79.5 cm³/mol. The normalized spacial score (nSPS) is 17.9. The minimum atomic E-state index is -0.153. The standard InChI is InChI=1S/C14H30N4O/c1-14(2,3)15-13(19)18-11-9-17(10-12-18)8-6-7-16(4)5/h6-12H2,1-5H3,(H,15,19). The molecule has 2 amide bonds. The first-order valence-corrected chi connectivity index (χ1v) is 7.22. The highest BCUT2D eigenvalue weighted by molar-refractivity contribution is 5.75. The molecular weight excluding hydrogens is 240 g/mol. The number of hydrogen-bond donors (Lipinski definition) is 1. The first-order chi connectivity index (χ1) is 8.78. The quantitative estimate of drug-likeness (QED) is 0.830. The molecule has 1 aliphatic heterocycles. The largest absolute Gasteiger partial charge is 0.333 e. The van der Waals surface area contributed by atoms with Gasteiger partial charge < -0.3 is 15.1 Å². The fourth-order valence-electron chi connectivity index (χ4n) is 2.18. The zero-order valence-corrected chi connectivity index (χ0v) is 13.2. The van der Waals surface area contributed by atoms with Gasteiger partial charge in [0.2, 0.25) is 0 Å². The second-order valence-corrected chi connectivity index (χ2v) is 6.67. The second-order valence-electron chi connectivity index (χ2n) is 6.67. The summed E-state index contributed by atoms with van der Waals surface area (Å²) in [6, 6.07) is 0.0699. The Balaban J connectivity index is 2.23. The number of urea groups is 1. The lowest BCUT2D eigenvalue weighted by Crippen LogP contribution is -2.55. The summed E-state index contributed by atoms with van der Waals surface area (Å²) in [5.74, 6) is 0. The van der Waals surface area contributed by atoms with Crippen molar-refractivity contribution in [3.05, 3.63) is 0 Å². The molecular formula is C14H30N4O. The van der Waals surface area contributed by atoms with Crippen LogP contribution in [0.5, 0.6) is 0 Å². The van der Waals surface area contributed by atoms with Crippen LogP contribution in [0.4, 0.5) is 4.79 Å². The third-order valence-electron chi connectivity index (χ3n) is 3.22. The topological polar surface area (TPSA) is 38.8 Å². The zero-order chi connectivity index (χ0) is 14.5. The smallest absolute Gasteiger partial charge is 0.317 e. The van der Waals surface area contributed by atoms with E-state index >= 15 is 0 Å². The number of carbonyl (C=O) groups is 1. The van der Waals surface area contributed by atoms with Gasteiger partial charge in [-0.05, 0) is 54.4 Å². The molecule has 0 atom stereocenters. The number of carbonyl (C=O) groups excluding carboxylic acids is 1. The molecule has 0 aliphatic carbocycles. The summed E-state index contributed by atoms with van der Waals surface area (Å²) in [5, 5.41) is 3.02. The van der Waals surface area contributed by atoms with Gasteiger partial charge in [-0.3, -0.25) is 4.90 Å². The number of nitrogens with zero attached hydrogens (tertiary/aromatic N) is 3. The molecule has 0 aromatic heterocycles. The first-order valence-electron chi connectivity index (χ1n) is 7.22. The van der Waals surface area contributed by atoms with Crippen LogP contribution in [-0.2, 0) is 0 Å². The maximum atomic E-state index is 12.0. The lowest BCUT2D eigenvalue weighted by atomic mass is 10.1. The fourth-order valence-corrected chi connectivity index (χ4v) is 2.18. The van der Waals surface area contributed by atoms with Crippen molar-refractivity contribution < 1.29 is 4.79 Å². The summed E-state index contributed by atoms with van der Waals surface area (Å²) in [6.45, 7) is 12.0. The van der Waals surface area contributed by atoms with Gasteiger partial charge in [-0.2, -0.15) is 0 Å². The molecule has 0 aromatic carbocycles. The van der Waals surface area contributed by atoms with Gasteiger partial charge in [-0.1, -0.05) is 0 Å². The summed E-state index contributed by atoms with van der Waals surface area (Å²) in [4.78, 5) is 18.6. The highest BCUT2D eigenvalue weighted by atomic mass is 16.2. The van der Waals surface area contributed by atoms with Crippen LogP contribution in [0.15, 0.2) is 0 Å². The third kappa shape index (κ3) is 6.78. The maximum absolute atomic E-state index is 12.0. The minimum Gasteiger partial charge on any atom is -0.333 e. The van der Waals surface area contributed by atoms with Crippen molar-refractivity contribution in [2.45, 2.75) is 32.7 Å². The van der Waals surface area contributed by atoms with E-state index < -0.39 is 0 Å². The van der Waals surface area contributed by atoms with Crippen LogP contribution in [0.3, 0.4) is 0 Å². The zero-order valence-electron chi connectivity index (χ0n) is 13.2. The Morgan fingerprint density at radius 2 is 1.74 bits per heavy atom. The van der Waals surface area contributed by atoms with Gasteiger partial charge in [0.15, 0.2) is 0 Å². The monoisotopic (exact) mass is 270 g/mol. The Morgan fingerprint density at radius 3 is 2.21 bits per heavy atom. The summed E-state index contributed by atoms with van der Waals surface area (Å²) in [5.41, 5.74) is -0.153. The Labute approximate surface area is 117 Å². The lowest BCUT2D eigenvalue weighted by Gasteiger charge is -2.36. The van der Waals surface area contributed by atoms with Gasteiger partial charge in [-0.15, -0.1) is 0 Å². The molecule has 5 heteroatoms. The molecule has 1 aliphatic rings. The number of amides is 2. The predicted octanol–water partition coefficient (Wildman–Crippen LogP) is 1.06. The summed E-state index contributed by atoms with van der Waals surface area (Å²) in [6.07, 6.45) is 1.20. The Kier molecular flexibility index (Phi) is 6.07. The van der Waals surface area contributed by atoms with Crippen molar-refractivity contribution in [3.8, 4) is 0 Å². The molecule has 1 fully saturated rings. The van der Waals surface area contributed by atoms with E-state index in [9.17, 15) is 4.79 Å².